The third-order valence-electron chi connectivity index (χ3n) is 2.35. The van der Waals surface area contributed by atoms with Crippen LogP contribution in [0.1, 0.15) is 52.4 Å². The van der Waals surface area contributed by atoms with Gasteiger partial charge in [0.25, 0.3) is 0 Å². The van der Waals surface area contributed by atoms with Gasteiger partial charge in [-0.25, -0.2) is 0 Å². The molecule has 0 fully saturated rings. The Labute approximate surface area is 93.2 Å². The third kappa shape index (κ3) is 6.25. The van der Waals surface area contributed by atoms with E-state index in [9.17, 15) is 20.5 Å². The van der Waals surface area contributed by atoms with Crippen molar-refractivity contribution in [1.29, 1.82) is 0 Å². The van der Waals surface area contributed by atoms with Crippen LogP contribution in [0.25, 0.3) is 0 Å². The molecule has 100 valence electrons. The minimum absolute atomic E-state index is 0.0798. The second-order valence-corrected chi connectivity index (χ2v) is 7.18. The van der Waals surface area contributed by atoms with E-state index < -0.39 is 19.9 Å². The maximum absolute atomic E-state index is 12.6. The zero-order valence-corrected chi connectivity index (χ0v) is 10.7. The quantitative estimate of drug-likeness (QED) is 0.245. The molecule has 0 aromatic carbocycles. The molecule has 0 N–H and O–H groups in total. The summed E-state index contributed by atoms with van der Waals surface area (Å²) in [6.45, 7) is 3.49. The summed E-state index contributed by atoms with van der Waals surface area (Å²) in [5.41, 5.74) is 0. The molecule has 0 nitrogen and oxygen atoms in total. The van der Waals surface area contributed by atoms with Gasteiger partial charge in [-0.2, -0.15) is 0 Å². The van der Waals surface area contributed by atoms with Gasteiger partial charge in [-0.15, -0.1) is 0 Å². The van der Waals surface area contributed by atoms with E-state index in [0.717, 1.165) is 0 Å². The van der Waals surface area contributed by atoms with Crippen LogP contribution in [0.3, 0.4) is 0 Å². The molecule has 0 saturated heterocycles. The molecule has 0 aliphatic carbocycles. The molecule has 0 aromatic heterocycles. The Morgan fingerprint density at radius 3 is 1.81 bits per heavy atom. The van der Waals surface area contributed by atoms with Crippen LogP contribution in [0.5, 0.6) is 0 Å². The van der Waals surface area contributed by atoms with Crippen LogP contribution in [0, 0.1) is 0 Å². The first-order valence-electron chi connectivity index (χ1n) is 5.66. The summed E-state index contributed by atoms with van der Waals surface area (Å²) in [6.07, 6.45) is 2.06. The van der Waals surface area contributed by atoms with E-state index >= 15 is 0 Å². The van der Waals surface area contributed by atoms with Gasteiger partial charge in [0.05, 0.1) is 0 Å². The van der Waals surface area contributed by atoms with Crippen molar-refractivity contribution in [3.8, 4) is 0 Å². The molecular weight excluding hydrogens is 243 g/mol. The SMILES string of the molecule is CCCC/C=C(\CCCC)[Si-2](F)(F)(F)(F)F. The van der Waals surface area contributed by atoms with E-state index in [4.69, 9.17) is 0 Å². The van der Waals surface area contributed by atoms with Crippen molar-refractivity contribution in [2.75, 3.05) is 0 Å². The summed E-state index contributed by atoms with van der Waals surface area (Å²) in [6, 6.07) is 0. The normalized spacial score (nSPS) is 18.1. The number of hydrogen-bond acceptors (Lipinski definition) is 0. The van der Waals surface area contributed by atoms with E-state index in [1.807, 2.05) is 6.92 Å². The van der Waals surface area contributed by atoms with Crippen LogP contribution in [-0.2, 0) is 0 Å². The van der Waals surface area contributed by atoms with E-state index in [1.165, 1.54) is 0 Å². The molecule has 0 rings (SSSR count). The van der Waals surface area contributed by atoms with Crippen molar-refractivity contribution in [2.45, 2.75) is 52.4 Å². The Morgan fingerprint density at radius 2 is 1.44 bits per heavy atom. The number of rotatable bonds is 7. The zero-order chi connectivity index (χ0) is 12.9. The van der Waals surface area contributed by atoms with E-state index in [2.05, 4.69) is 0 Å². The molecule has 0 aromatic rings. The summed E-state index contributed by atoms with van der Waals surface area (Å²) >= 11 is 0. The fourth-order valence-corrected chi connectivity index (χ4v) is 2.56. The Kier molecular flexibility index (Phi) is 4.36. The van der Waals surface area contributed by atoms with Gasteiger partial charge in [0, 0.05) is 0 Å². The van der Waals surface area contributed by atoms with Gasteiger partial charge >= 0.3 is 92.5 Å². The molecule has 6 heteroatoms. The number of halogens is 5. The van der Waals surface area contributed by atoms with Crippen molar-refractivity contribution in [3.05, 3.63) is 11.3 Å². The van der Waals surface area contributed by atoms with Crippen LogP contribution in [0.2, 0.25) is 0 Å². The second-order valence-electron chi connectivity index (χ2n) is 4.16. The number of unbranched alkanes of at least 4 members (excludes halogenated alkanes) is 3. The van der Waals surface area contributed by atoms with Crippen molar-refractivity contribution in [2.24, 2.45) is 0 Å². The molecule has 0 spiro atoms. The molecule has 0 unspecified atom stereocenters. The van der Waals surface area contributed by atoms with E-state index in [-0.39, 0.29) is 12.8 Å². The summed E-state index contributed by atoms with van der Waals surface area (Å²) in [5.74, 6) is 0. The summed E-state index contributed by atoms with van der Waals surface area (Å²) < 4.78 is 63.0. The first-order valence-corrected chi connectivity index (χ1v) is 8.05. The van der Waals surface area contributed by atoms with Gasteiger partial charge in [-0.05, 0) is 0 Å². The standard InChI is InChI=1S/C10H19F5Si/c1-3-5-7-9-10(8-6-4-2)16(11,12,13,14)15/h9H,3-8H2,1-2H3/q-2/b10-9+. The third-order valence-corrected chi connectivity index (χ3v) is 4.02. The zero-order valence-electron chi connectivity index (χ0n) is 9.71. The van der Waals surface area contributed by atoms with Crippen molar-refractivity contribution in [1.82, 2.24) is 0 Å². The Hall–Kier alpha value is -0.393. The predicted octanol–water partition coefficient (Wildman–Crippen LogP) is 5.52. The van der Waals surface area contributed by atoms with Crippen molar-refractivity contribution < 1.29 is 20.5 Å². The summed E-state index contributed by atoms with van der Waals surface area (Å²) in [7, 11) is -9.86. The van der Waals surface area contributed by atoms with Gasteiger partial charge in [0.15, 0.2) is 0 Å². The first-order chi connectivity index (χ1) is 7.01. The molecule has 0 saturated carbocycles. The predicted molar refractivity (Wildman–Crippen MR) is 58.4 cm³/mol. The van der Waals surface area contributed by atoms with Gasteiger partial charge < -0.3 is 0 Å². The fourth-order valence-electron chi connectivity index (χ4n) is 1.38. The van der Waals surface area contributed by atoms with Crippen LogP contribution in [0.4, 0.5) is 20.5 Å². The van der Waals surface area contributed by atoms with Gasteiger partial charge in [-0.1, -0.05) is 0 Å². The average molecular weight is 262 g/mol. The van der Waals surface area contributed by atoms with Gasteiger partial charge in [0.1, 0.15) is 0 Å². The van der Waals surface area contributed by atoms with Crippen molar-refractivity contribution in [3.63, 3.8) is 0 Å². The maximum atomic E-state index is 12.6. The molecule has 0 aliphatic rings. The van der Waals surface area contributed by atoms with Gasteiger partial charge in [0.2, 0.25) is 0 Å². The van der Waals surface area contributed by atoms with E-state index in [1.54, 1.807) is 6.92 Å². The fraction of sp³-hybridized carbons (Fsp3) is 0.800. The molecule has 0 aliphatic heterocycles. The summed E-state index contributed by atoms with van der Waals surface area (Å²) in [5, 5.41) is -1.55. The monoisotopic (exact) mass is 262 g/mol. The van der Waals surface area contributed by atoms with Crippen LogP contribution in [0.15, 0.2) is 11.3 Å². The molecule has 16 heavy (non-hydrogen) atoms. The molecule has 0 radical (unpaired) electrons. The second kappa shape index (κ2) is 4.47. The Bertz CT molecular complexity index is 250. The van der Waals surface area contributed by atoms with Crippen molar-refractivity contribution >= 4 is 8.30 Å². The topological polar surface area (TPSA) is 0 Å². The van der Waals surface area contributed by atoms with E-state index in [0.29, 0.717) is 25.3 Å². The average Bonchev–Trinajstić information content (AvgIpc) is 2.06. The first kappa shape index (κ1) is 15.6. The van der Waals surface area contributed by atoms with Crippen LogP contribution in [-0.4, -0.2) is 8.30 Å². The molecule has 0 heterocycles. The van der Waals surface area contributed by atoms with Gasteiger partial charge in [-0.3, -0.25) is 0 Å². The van der Waals surface area contributed by atoms with Crippen LogP contribution < -0.4 is 0 Å². The Balaban J connectivity index is 4.89. The molecule has 0 bridgehead atoms. The number of allylic oxidation sites excluding steroid dienone is 2. The Morgan fingerprint density at radius 1 is 0.938 bits per heavy atom. The molecule has 0 amide bonds. The molecule has 0 atom stereocenters. The minimum atomic E-state index is -9.86. The summed E-state index contributed by atoms with van der Waals surface area (Å²) in [4.78, 5) is 0. The molecular formula is C10H19F5Si-2. The van der Waals surface area contributed by atoms with Crippen LogP contribution >= 0.6 is 0 Å². The number of hydrogen-bond donors (Lipinski definition) is 0.